The van der Waals surface area contributed by atoms with Crippen molar-refractivity contribution in [2.24, 2.45) is 11.7 Å². The predicted molar refractivity (Wildman–Crippen MR) is 98.4 cm³/mol. The molecule has 0 fully saturated rings. The van der Waals surface area contributed by atoms with E-state index in [1.54, 1.807) is 0 Å². The van der Waals surface area contributed by atoms with Crippen LogP contribution in [0, 0.1) is 5.92 Å². The van der Waals surface area contributed by atoms with Gasteiger partial charge < -0.3 is 10.8 Å². The summed E-state index contributed by atoms with van der Waals surface area (Å²) in [6, 6.07) is 29.8. The van der Waals surface area contributed by atoms with E-state index in [0.29, 0.717) is 0 Å². The van der Waals surface area contributed by atoms with Gasteiger partial charge >= 0.3 is 0 Å². The highest BCUT2D eigenvalue weighted by Crippen LogP contribution is 2.34. The van der Waals surface area contributed by atoms with E-state index >= 15 is 0 Å². The number of benzene rings is 3. The lowest BCUT2D eigenvalue weighted by Gasteiger charge is -2.29. The zero-order valence-corrected chi connectivity index (χ0v) is 13.6. The minimum Gasteiger partial charge on any atom is -0.388 e. The average molecular weight is 317 g/mol. The van der Waals surface area contributed by atoms with Crippen molar-refractivity contribution < 1.29 is 5.11 Å². The van der Waals surface area contributed by atoms with Crippen LogP contribution in [0.2, 0.25) is 0 Å². The number of hydrogen-bond acceptors (Lipinski definition) is 2. The Bertz CT molecular complexity index is 682. The highest BCUT2D eigenvalue weighted by Gasteiger charge is 2.28. The summed E-state index contributed by atoms with van der Waals surface area (Å²) in [5.74, 6) is -0.0998. The Balaban J connectivity index is 1.91. The number of rotatable bonds is 6. The van der Waals surface area contributed by atoms with Gasteiger partial charge in [0.05, 0.1) is 6.10 Å². The van der Waals surface area contributed by atoms with Crippen molar-refractivity contribution in [1.82, 2.24) is 0 Å². The summed E-state index contributed by atoms with van der Waals surface area (Å²) < 4.78 is 0. The first-order valence-electron chi connectivity index (χ1n) is 8.33. The summed E-state index contributed by atoms with van der Waals surface area (Å²) >= 11 is 0. The summed E-state index contributed by atoms with van der Waals surface area (Å²) in [4.78, 5) is 0. The van der Waals surface area contributed by atoms with E-state index < -0.39 is 6.10 Å². The van der Waals surface area contributed by atoms with Crippen molar-refractivity contribution in [2.45, 2.75) is 18.6 Å². The van der Waals surface area contributed by atoms with E-state index in [4.69, 9.17) is 5.73 Å². The van der Waals surface area contributed by atoms with Gasteiger partial charge in [0.1, 0.15) is 0 Å². The first kappa shape index (κ1) is 16.4. The summed E-state index contributed by atoms with van der Waals surface area (Å²) in [6.07, 6.45) is 0.120. The van der Waals surface area contributed by atoms with Crippen molar-refractivity contribution in [1.29, 1.82) is 0 Å². The molecule has 3 aromatic carbocycles. The van der Waals surface area contributed by atoms with Crippen molar-refractivity contribution in [3.05, 3.63) is 108 Å². The Labute approximate surface area is 143 Å². The van der Waals surface area contributed by atoms with Gasteiger partial charge in [0.15, 0.2) is 0 Å². The maximum Gasteiger partial charge on any atom is 0.0839 e. The molecule has 3 atom stereocenters. The standard InChI is InChI=1S/C22H23NO/c23-21(18-12-6-2-7-13-18)20(16-17-10-4-1-5-11-17)22(24)19-14-8-3-9-15-19/h1-15,20-22,24H,16,23H2/t20-,21+,22-/m1/s1. The summed E-state index contributed by atoms with van der Waals surface area (Å²) in [7, 11) is 0. The van der Waals surface area contributed by atoms with Gasteiger partial charge in [-0.25, -0.2) is 0 Å². The third-order valence-corrected chi connectivity index (χ3v) is 4.51. The van der Waals surface area contributed by atoms with Crippen LogP contribution >= 0.6 is 0 Å². The molecule has 3 N–H and O–H groups in total. The second-order valence-corrected chi connectivity index (χ2v) is 6.15. The lowest BCUT2D eigenvalue weighted by Crippen LogP contribution is -2.29. The molecule has 24 heavy (non-hydrogen) atoms. The first-order chi connectivity index (χ1) is 11.8. The molecule has 3 rings (SSSR count). The van der Waals surface area contributed by atoms with E-state index in [9.17, 15) is 5.11 Å². The monoisotopic (exact) mass is 317 g/mol. The van der Waals surface area contributed by atoms with Crippen LogP contribution in [-0.2, 0) is 6.42 Å². The molecule has 0 bridgehead atoms. The van der Waals surface area contributed by atoms with Crippen molar-refractivity contribution in [3.63, 3.8) is 0 Å². The quantitative estimate of drug-likeness (QED) is 0.713. The van der Waals surface area contributed by atoms with Crippen molar-refractivity contribution in [2.75, 3.05) is 0 Å². The Morgan fingerprint density at radius 1 is 0.667 bits per heavy atom. The molecule has 0 aromatic heterocycles. The largest absolute Gasteiger partial charge is 0.388 e. The van der Waals surface area contributed by atoms with Crippen LogP contribution in [-0.4, -0.2) is 5.11 Å². The minimum absolute atomic E-state index is 0.0998. The van der Waals surface area contributed by atoms with Gasteiger partial charge in [-0.2, -0.15) is 0 Å². The van der Waals surface area contributed by atoms with E-state index in [2.05, 4.69) is 12.1 Å². The number of hydrogen-bond donors (Lipinski definition) is 2. The van der Waals surface area contributed by atoms with Crippen LogP contribution in [0.5, 0.6) is 0 Å². The van der Waals surface area contributed by atoms with Crippen LogP contribution in [0.4, 0.5) is 0 Å². The fraction of sp³-hybridized carbons (Fsp3) is 0.182. The number of aliphatic hydroxyl groups is 1. The third kappa shape index (κ3) is 3.91. The van der Waals surface area contributed by atoms with Gasteiger partial charge in [0.25, 0.3) is 0 Å². The third-order valence-electron chi connectivity index (χ3n) is 4.51. The second kappa shape index (κ2) is 7.91. The van der Waals surface area contributed by atoms with Crippen LogP contribution in [0.1, 0.15) is 28.8 Å². The smallest absolute Gasteiger partial charge is 0.0839 e. The van der Waals surface area contributed by atoms with Gasteiger partial charge in [-0.05, 0) is 23.1 Å². The van der Waals surface area contributed by atoms with Crippen LogP contribution < -0.4 is 5.73 Å². The maximum atomic E-state index is 11.0. The minimum atomic E-state index is -0.610. The molecule has 0 heterocycles. The number of nitrogens with two attached hydrogens (primary N) is 1. The van der Waals surface area contributed by atoms with E-state index in [0.717, 1.165) is 17.5 Å². The molecule has 0 unspecified atom stereocenters. The Morgan fingerprint density at radius 3 is 1.67 bits per heavy atom. The van der Waals surface area contributed by atoms with Crippen LogP contribution in [0.25, 0.3) is 0 Å². The molecule has 0 amide bonds. The molecule has 122 valence electrons. The molecule has 3 aromatic rings. The highest BCUT2D eigenvalue weighted by atomic mass is 16.3. The SMILES string of the molecule is N[C@@H](c1ccccc1)[C@@H](Cc1ccccc1)[C@H](O)c1ccccc1. The molecule has 0 aliphatic carbocycles. The highest BCUT2D eigenvalue weighted by molar-refractivity contribution is 5.25. The molecule has 0 aliphatic heterocycles. The molecule has 0 spiro atoms. The Morgan fingerprint density at radius 2 is 1.12 bits per heavy atom. The Hall–Kier alpha value is -2.42. The van der Waals surface area contributed by atoms with Crippen LogP contribution in [0.15, 0.2) is 91.0 Å². The summed E-state index contributed by atoms with van der Waals surface area (Å²) in [6.45, 7) is 0. The van der Waals surface area contributed by atoms with Gasteiger partial charge in [-0.15, -0.1) is 0 Å². The second-order valence-electron chi connectivity index (χ2n) is 6.15. The molecule has 2 heteroatoms. The van der Waals surface area contributed by atoms with Gasteiger partial charge in [0.2, 0.25) is 0 Å². The molecule has 0 radical (unpaired) electrons. The number of aliphatic hydroxyl groups excluding tert-OH is 1. The normalized spacial score (nSPS) is 14.8. The zero-order chi connectivity index (χ0) is 16.8. The van der Waals surface area contributed by atoms with Crippen molar-refractivity contribution in [3.8, 4) is 0 Å². The van der Waals surface area contributed by atoms with E-state index in [-0.39, 0.29) is 12.0 Å². The lowest BCUT2D eigenvalue weighted by atomic mass is 9.82. The topological polar surface area (TPSA) is 46.2 Å². The fourth-order valence-electron chi connectivity index (χ4n) is 3.14. The van der Waals surface area contributed by atoms with Crippen molar-refractivity contribution >= 4 is 0 Å². The predicted octanol–water partition coefficient (Wildman–Crippen LogP) is 4.28. The molecular formula is C22H23NO. The van der Waals surface area contributed by atoms with Gasteiger partial charge in [-0.1, -0.05) is 91.0 Å². The molecule has 2 nitrogen and oxygen atoms in total. The maximum absolute atomic E-state index is 11.0. The Kier molecular flexibility index (Phi) is 5.42. The van der Waals surface area contributed by atoms with Gasteiger partial charge in [0, 0.05) is 12.0 Å². The lowest BCUT2D eigenvalue weighted by molar-refractivity contribution is 0.0921. The zero-order valence-electron chi connectivity index (χ0n) is 13.6. The van der Waals surface area contributed by atoms with Crippen LogP contribution in [0.3, 0.4) is 0 Å². The van der Waals surface area contributed by atoms with E-state index in [1.165, 1.54) is 5.56 Å². The molecule has 0 saturated heterocycles. The molecular weight excluding hydrogens is 294 g/mol. The van der Waals surface area contributed by atoms with Gasteiger partial charge in [-0.3, -0.25) is 0 Å². The molecule has 0 saturated carbocycles. The summed E-state index contributed by atoms with van der Waals surface area (Å²) in [5, 5.41) is 11.0. The van der Waals surface area contributed by atoms with E-state index in [1.807, 2.05) is 78.9 Å². The first-order valence-corrected chi connectivity index (χ1v) is 8.33. The fourth-order valence-corrected chi connectivity index (χ4v) is 3.14. The summed E-state index contributed by atoms with van der Waals surface area (Å²) in [5.41, 5.74) is 9.71. The average Bonchev–Trinajstić information content (AvgIpc) is 2.67. The molecule has 0 aliphatic rings.